The Hall–Kier alpha value is -3.76. The first-order valence-electron chi connectivity index (χ1n) is 16.0. The van der Waals surface area contributed by atoms with Crippen molar-refractivity contribution in [1.29, 1.82) is 0 Å². The monoisotopic (exact) mass is 600 g/mol. The lowest BCUT2D eigenvalue weighted by molar-refractivity contribution is -0.143. The number of nitrogens with zero attached hydrogens (tertiary/aromatic N) is 3. The second kappa shape index (κ2) is 11.6. The van der Waals surface area contributed by atoms with Crippen LogP contribution < -0.4 is 10.1 Å². The van der Waals surface area contributed by atoms with Crippen molar-refractivity contribution in [1.82, 2.24) is 20.0 Å². The lowest BCUT2D eigenvalue weighted by Crippen LogP contribution is -2.52. The number of carbonyl (C=O) groups excluding carboxylic acids is 4. The van der Waals surface area contributed by atoms with Crippen LogP contribution >= 0.6 is 0 Å². The second-order valence-corrected chi connectivity index (χ2v) is 12.8. The summed E-state index contributed by atoms with van der Waals surface area (Å²) in [6, 6.07) is 11.3. The fraction of sp³-hybridized carbons (Fsp3) is 0.529. The lowest BCUT2D eigenvalue weighted by atomic mass is 9.83. The van der Waals surface area contributed by atoms with Gasteiger partial charge >= 0.3 is 0 Å². The van der Waals surface area contributed by atoms with Crippen molar-refractivity contribution in [2.24, 2.45) is 0 Å². The highest BCUT2D eigenvalue weighted by molar-refractivity contribution is 6.05. The second-order valence-electron chi connectivity index (χ2n) is 12.8. The molecule has 0 radical (unpaired) electrons. The molecular formula is C34H40N4O6. The molecule has 3 fully saturated rings. The SMILES string of the molecule is Cc1ccc2c(c1)C1(CCN(C(=O)[C@@H]3CCCN3CCCOc3cccc4c3CN(C3CCC(=O)NC3=O)C4=O)CC1)OC2. The minimum absolute atomic E-state index is 0.0937. The van der Waals surface area contributed by atoms with E-state index >= 15 is 0 Å². The third kappa shape index (κ3) is 5.17. The van der Waals surface area contributed by atoms with Crippen molar-refractivity contribution in [3.05, 3.63) is 64.2 Å². The number of piperidine rings is 2. The molecule has 5 aliphatic heterocycles. The van der Waals surface area contributed by atoms with Gasteiger partial charge < -0.3 is 19.3 Å². The van der Waals surface area contributed by atoms with Crippen LogP contribution in [0, 0.1) is 6.92 Å². The first-order valence-corrected chi connectivity index (χ1v) is 16.0. The van der Waals surface area contributed by atoms with Gasteiger partial charge in [-0.05, 0) is 75.3 Å². The number of aryl methyl sites for hydroxylation is 1. The fourth-order valence-corrected chi connectivity index (χ4v) is 7.76. The van der Waals surface area contributed by atoms with Gasteiger partial charge in [0.05, 0.1) is 31.4 Å². The number of ether oxygens (including phenoxy) is 2. The Morgan fingerprint density at radius 2 is 1.93 bits per heavy atom. The largest absolute Gasteiger partial charge is 0.493 e. The first kappa shape index (κ1) is 29.0. The zero-order valence-electron chi connectivity index (χ0n) is 25.3. The quantitative estimate of drug-likeness (QED) is 0.385. The van der Waals surface area contributed by atoms with E-state index in [1.165, 1.54) is 16.7 Å². The predicted octanol–water partition coefficient (Wildman–Crippen LogP) is 3.04. The molecular weight excluding hydrogens is 560 g/mol. The van der Waals surface area contributed by atoms with E-state index in [9.17, 15) is 19.2 Å². The van der Waals surface area contributed by atoms with Gasteiger partial charge in [-0.25, -0.2) is 0 Å². The normalized spacial score (nSPS) is 24.5. The van der Waals surface area contributed by atoms with E-state index in [2.05, 4.69) is 35.3 Å². The van der Waals surface area contributed by atoms with Crippen molar-refractivity contribution in [2.75, 3.05) is 32.8 Å². The molecule has 0 aromatic heterocycles. The average Bonchev–Trinajstić information content (AvgIpc) is 3.72. The molecule has 5 aliphatic rings. The predicted molar refractivity (Wildman–Crippen MR) is 161 cm³/mol. The Balaban J connectivity index is 0.915. The van der Waals surface area contributed by atoms with E-state index in [4.69, 9.17) is 9.47 Å². The van der Waals surface area contributed by atoms with Crippen LogP contribution in [0.1, 0.15) is 77.6 Å². The van der Waals surface area contributed by atoms with Gasteiger partial charge in [0.25, 0.3) is 5.91 Å². The summed E-state index contributed by atoms with van der Waals surface area (Å²) < 4.78 is 12.5. The molecule has 44 heavy (non-hydrogen) atoms. The number of carbonyl (C=O) groups is 4. The van der Waals surface area contributed by atoms with Crippen molar-refractivity contribution in [2.45, 2.75) is 82.7 Å². The molecule has 2 aromatic carbocycles. The maximum Gasteiger partial charge on any atom is 0.255 e. The Morgan fingerprint density at radius 3 is 2.75 bits per heavy atom. The molecule has 0 bridgehead atoms. The smallest absolute Gasteiger partial charge is 0.255 e. The number of fused-ring (bicyclic) bond motifs is 3. The molecule has 10 nitrogen and oxygen atoms in total. The highest BCUT2D eigenvalue weighted by Gasteiger charge is 2.45. The van der Waals surface area contributed by atoms with E-state index in [0.29, 0.717) is 44.0 Å². The van der Waals surface area contributed by atoms with Crippen LogP contribution in [0.4, 0.5) is 0 Å². The zero-order chi connectivity index (χ0) is 30.4. The first-order chi connectivity index (χ1) is 21.3. The summed E-state index contributed by atoms with van der Waals surface area (Å²) in [6.45, 7) is 6.62. The third-order valence-electron chi connectivity index (χ3n) is 10.2. The van der Waals surface area contributed by atoms with Crippen molar-refractivity contribution < 1.29 is 28.7 Å². The summed E-state index contributed by atoms with van der Waals surface area (Å²) in [5.41, 5.74) is 4.90. The number of benzene rings is 2. The molecule has 5 heterocycles. The molecule has 10 heteroatoms. The standard InChI is InChI=1S/C34H40N4O6/c1-22-8-9-23-21-44-34(26(23)19-22)12-16-37(17-13-34)33(42)28-6-3-14-36(28)15-4-18-43-29-7-2-5-24-25(29)20-38(32(24)41)27-10-11-30(39)35-31(27)40/h2,5,7-9,19,27-28H,3-4,6,10-18,20-21H2,1H3,(H,35,39,40)/t27?,28-/m0/s1. The fourth-order valence-electron chi connectivity index (χ4n) is 7.76. The maximum atomic E-state index is 13.7. The molecule has 0 aliphatic carbocycles. The van der Waals surface area contributed by atoms with Crippen LogP contribution in [-0.4, -0.2) is 83.2 Å². The van der Waals surface area contributed by atoms with E-state index in [1.54, 1.807) is 17.0 Å². The number of likely N-dealkylation sites (tertiary alicyclic amines) is 2. The summed E-state index contributed by atoms with van der Waals surface area (Å²) in [5, 5.41) is 2.35. The average molecular weight is 601 g/mol. The number of hydrogen-bond acceptors (Lipinski definition) is 7. The minimum Gasteiger partial charge on any atom is -0.493 e. The van der Waals surface area contributed by atoms with Gasteiger partial charge in [-0.1, -0.05) is 29.8 Å². The summed E-state index contributed by atoms with van der Waals surface area (Å²) in [4.78, 5) is 56.6. The van der Waals surface area contributed by atoms with E-state index in [0.717, 1.165) is 50.8 Å². The Morgan fingerprint density at radius 1 is 1.09 bits per heavy atom. The molecule has 4 amide bonds. The molecule has 1 N–H and O–H groups in total. The van der Waals surface area contributed by atoms with Gasteiger partial charge in [0, 0.05) is 37.2 Å². The minimum atomic E-state index is -0.652. The van der Waals surface area contributed by atoms with Crippen LogP contribution in [0.3, 0.4) is 0 Å². The van der Waals surface area contributed by atoms with Gasteiger partial charge in [0.15, 0.2) is 0 Å². The molecule has 1 spiro atoms. The van der Waals surface area contributed by atoms with Gasteiger partial charge in [0.1, 0.15) is 11.8 Å². The van der Waals surface area contributed by atoms with E-state index in [-0.39, 0.29) is 42.3 Å². The molecule has 7 rings (SSSR count). The highest BCUT2D eigenvalue weighted by Crippen LogP contribution is 2.44. The van der Waals surface area contributed by atoms with Crippen LogP contribution in [0.15, 0.2) is 36.4 Å². The van der Waals surface area contributed by atoms with Gasteiger partial charge in [-0.3, -0.25) is 29.4 Å². The highest BCUT2D eigenvalue weighted by atomic mass is 16.5. The lowest BCUT2D eigenvalue weighted by Gasteiger charge is -2.41. The summed E-state index contributed by atoms with van der Waals surface area (Å²) >= 11 is 0. The van der Waals surface area contributed by atoms with E-state index < -0.39 is 11.9 Å². The maximum absolute atomic E-state index is 13.7. The van der Waals surface area contributed by atoms with Crippen LogP contribution in [0.2, 0.25) is 0 Å². The van der Waals surface area contributed by atoms with Gasteiger partial charge in [0.2, 0.25) is 17.7 Å². The summed E-state index contributed by atoms with van der Waals surface area (Å²) in [5.74, 6) is -0.0520. The van der Waals surface area contributed by atoms with E-state index in [1.807, 2.05) is 11.0 Å². The number of hydrogen-bond donors (Lipinski definition) is 1. The molecule has 232 valence electrons. The Bertz CT molecular complexity index is 1500. The molecule has 2 atom stereocenters. The zero-order valence-corrected chi connectivity index (χ0v) is 25.3. The number of amides is 4. The van der Waals surface area contributed by atoms with Crippen LogP contribution in [0.5, 0.6) is 5.75 Å². The number of rotatable bonds is 7. The van der Waals surface area contributed by atoms with Crippen molar-refractivity contribution >= 4 is 23.6 Å². The van der Waals surface area contributed by atoms with Gasteiger partial charge in [-0.15, -0.1) is 0 Å². The number of nitrogens with one attached hydrogen (secondary N) is 1. The number of imide groups is 1. The van der Waals surface area contributed by atoms with Crippen molar-refractivity contribution in [3.63, 3.8) is 0 Å². The molecule has 3 saturated heterocycles. The van der Waals surface area contributed by atoms with Crippen molar-refractivity contribution in [3.8, 4) is 5.75 Å². The Labute approximate surface area is 257 Å². The Kier molecular flexibility index (Phi) is 7.66. The third-order valence-corrected chi connectivity index (χ3v) is 10.2. The molecule has 1 unspecified atom stereocenters. The van der Waals surface area contributed by atoms with Crippen LogP contribution in [0.25, 0.3) is 0 Å². The van der Waals surface area contributed by atoms with Gasteiger partial charge in [-0.2, -0.15) is 0 Å². The summed E-state index contributed by atoms with van der Waals surface area (Å²) in [6.07, 6.45) is 4.86. The molecule has 2 aromatic rings. The topological polar surface area (TPSA) is 108 Å². The van der Waals surface area contributed by atoms with Crippen LogP contribution in [-0.2, 0) is 37.9 Å². The molecule has 0 saturated carbocycles. The summed E-state index contributed by atoms with van der Waals surface area (Å²) in [7, 11) is 0.